The van der Waals surface area contributed by atoms with Crippen molar-refractivity contribution >= 4 is 21.8 Å². The molecule has 0 saturated carbocycles. The van der Waals surface area contributed by atoms with E-state index in [2.05, 4.69) is 21.5 Å². The average Bonchev–Trinajstić information content (AvgIpc) is 2.78. The summed E-state index contributed by atoms with van der Waals surface area (Å²) >= 11 is 0. The van der Waals surface area contributed by atoms with Crippen molar-refractivity contribution in [3.05, 3.63) is 60.2 Å². The van der Waals surface area contributed by atoms with E-state index in [0.29, 0.717) is 19.6 Å². The second kappa shape index (κ2) is 9.65. The number of nitrogens with zero attached hydrogens (tertiary/aromatic N) is 2. The highest BCUT2D eigenvalue weighted by Crippen LogP contribution is 2.23. The van der Waals surface area contributed by atoms with Gasteiger partial charge in [-0.05, 0) is 43.8 Å². The third-order valence-electron chi connectivity index (χ3n) is 4.90. The van der Waals surface area contributed by atoms with Gasteiger partial charge in [-0.1, -0.05) is 36.3 Å². The molecule has 2 aromatic carbocycles. The maximum Gasteiger partial charge on any atom is 0.410 e. The van der Waals surface area contributed by atoms with Gasteiger partial charge in [0.1, 0.15) is 12.6 Å². The third-order valence-corrected chi connectivity index (χ3v) is 6.33. The number of benzene rings is 2. The summed E-state index contributed by atoms with van der Waals surface area (Å²) in [5.74, 6) is 6.07. The van der Waals surface area contributed by atoms with E-state index in [-0.39, 0.29) is 23.6 Å². The Morgan fingerprint density at radius 3 is 2.47 bits per heavy atom. The Labute approximate surface area is 177 Å². The van der Waals surface area contributed by atoms with Crippen LogP contribution in [0, 0.1) is 11.8 Å². The summed E-state index contributed by atoms with van der Waals surface area (Å²) in [6.07, 6.45) is -0.364. The number of carbonyl (C=O) groups excluding carboxylic acids is 1. The molecule has 0 radical (unpaired) electrons. The van der Waals surface area contributed by atoms with Gasteiger partial charge in [0.25, 0.3) is 0 Å². The first-order valence-electron chi connectivity index (χ1n) is 9.63. The highest BCUT2D eigenvalue weighted by Gasteiger charge is 2.29. The lowest BCUT2D eigenvalue weighted by atomic mass is 10.1. The molecule has 1 N–H and O–H groups in total. The fourth-order valence-electron chi connectivity index (χ4n) is 3.29. The monoisotopic (exact) mass is 427 g/mol. The summed E-state index contributed by atoms with van der Waals surface area (Å²) in [5, 5.41) is 0. The molecule has 0 aromatic heterocycles. The van der Waals surface area contributed by atoms with E-state index in [4.69, 9.17) is 4.74 Å². The van der Waals surface area contributed by atoms with Crippen LogP contribution in [-0.4, -0.2) is 52.1 Å². The minimum Gasteiger partial charge on any atom is -0.445 e. The number of anilines is 1. The van der Waals surface area contributed by atoms with Crippen molar-refractivity contribution < 1.29 is 17.9 Å². The van der Waals surface area contributed by atoms with Gasteiger partial charge in [-0.15, -0.1) is 5.92 Å². The molecule has 30 heavy (non-hydrogen) atoms. The van der Waals surface area contributed by atoms with Gasteiger partial charge in [0.2, 0.25) is 10.0 Å². The highest BCUT2D eigenvalue weighted by molar-refractivity contribution is 7.89. The zero-order chi connectivity index (χ0) is 21.6. The number of rotatable bonds is 5. The van der Waals surface area contributed by atoms with E-state index in [1.807, 2.05) is 30.3 Å². The van der Waals surface area contributed by atoms with E-state index in [0.717, 1.165) is 11.3 Å². The van der Waals surface area contributed by atoms with Crippen LogP contribution in [0.15, 0.2) is 59.5 Å². The quantitative estimate of drug-likeness (QED) is 0.742. The molecule has 3 rings (SSSR count). The van der Waals surface area contributed by atoms with E-state index < -0.39 is 10.0 Å². The smallest absolute Gasteiger partial charge is 0.410 e. The van der Waals surface area contributed by atoms with Crippen LogP contribution in [-0.2, 0) is 21.4 Å². The molecule has 0 unspecified atom stereocenters. The molecule has 1 saturated heterocycles. The topological polar surface area (TPSA) is 79.0 Å². The minimum atomic E-state index is -3.48. The first-order valence-corrected chi connectivity index (χ1v) is 11.1. The van der Waals surface area contributed by atoms with Crippen molar-refractivity contribution in [1.82, 2.24) is 9.62 Å². The lowest BCUT2D eigenvalue weighted by Crippen LogP contribution is -2.54. The standard InChI is InChI=1S/C22H25N3O4S/c1-3-7-20-16-24(22(26)29-17-18-8-5-4-6-9-18)14-15-25(20)19-10-12-21(13-11-19)30(27,28)23-2/h4-6,8-13,20,23H,14-17H2,1-2H3/t20-/m0/s1. The van der Waals surface area contributed by atoms with Gasteiger partial charge in [-0.2, -0.15) is 0 Å². The predicted molar refractivity (Wildman–Crippen MR) is 115 cm³/mol. The van der Waals surface area contributed by atoms with Gasteiger partial charge in [0.05, 0.1) is 11.4 Å². The Morgan fingerprint density at radius 1 is 1.13 bits per heavy atom. The van der Waals surface area contributed by atoms with Crippen LogP contribution in [0.5, 0.6) is 0 Å². The molecule has 0 spiro atoms. The molecule has 158 valence electrons. The summed E-state index contributed by atoms with van der Waals surface area (Å²) in [4.78, 5) is 16.5. The fraction of sp³-hybridized carbons (Fsp3) is 0.318. The zero-order valence-electron chi connectivity index (χ0n) is 17.0. The Balaban J connectivity index is 1.67. The second-order valence-electron chi connectivity index (χ2n) is 6.79. The molecule has 1 aliphatic rings. The van der Waals surface area contributed by atoms with Crippen molar-refractivity contribution in [3.8, 4) is 11.8 Å². The number of amides is 1. The van der Waals surface area contributed by atoms with Crippen molar-refractivity contribution in [1.29, 1.82) is 0 Å². The second-order valence-corrected chi connectivity index (χ2v) is 8.68. The molecular formula is C22H25N3O4S. The molecule has 1 amide bonds. The van der Waals surface area contributed by atoms with E-state index >= 15 is 0 Å². The normalized spacial score (nSPS) is 16.5. The fourth-order valence-corrected chi connectivity index (χ4v) is 4.02. The molecule has 1 heterocycles. The summed E-state index contributed by atoms with van der Waals surface area (Å²) in [7, 11) is -2.10. The van der Waals surface area contributed by atoms with Gasteiger partial charge in [-0.25, -0.2) is 17.9 Å². The molecule has 0 aliphatic carbocycles. The number of carbonyl (C=O) groups is 1. The van der Waals surface area contributed by atoms with Crippen molar-refractivity contribution in [3.63, 3.8) is 0 Å². The van der Waals surface area contributed by atoms with E-state index in [1.165, 1.54) is 7.05 Å². The van der Waals surface area contributed by atoms with Gasteiger partial charge >= 0.3 is 6.09 Å². The predicted octanol–water partition coefficient (Wildman–Crippen LogP) is 2.45. The Bertz CT molecular complexity index is 1030. The molecule has 1 atom stereocenters. The SMILES string of the molecule is CC#C[C@H]1CN(C(=O)OCc2ccccc2)CCN1c1ccc(S(=O)(=O)NC)cc1. The molecule has 0 bridgehead atoms. The van der Waals surface area contributed by atoms with Crippen LogP contribution in [0.2, 0.25) is 0 Å². The van der Waals surface area contributed by atoms with Crippen LogP contribution < -0.4 is 9.62 Å². The summed E-state index contributed by atoms with van der Waals surface area (Å²) in [6.45, 7) is 3.45. The zero-order valence-corrected chi connectivity index (χ0v) is 17.9. The van der Waals surface area contributed by atoms with E-state index in [1.54, 1.807) is 36.1 Å². The summed E-state index contributed by atoms with van der Waals surface area (Å²) < 4.78 is 31.6. The molecule has 1 aliphatic heterocycles. The van der Waals surface area contributed by atoms with Crippen LogP contribution in [0.3, 0.4) is 0 Å². The van der Waals surface area contributed by atoms with Crippen LogP contribution in [0.25, 0.3) is 0 Å². The van der Waals surface area contributed by atoms with Crippen LogP contribution >= 0.6 is 0 Å². The number of sulfonamides is 1. The molecule has 1 fully saturated rings. The summed E-state index contributed by atoms with van der Waals surface area (Å²) in [5.41, 5.74) is 1.79. The number of nitrogens with one attached hydrogen (secondary N) is 1. The average molecular weight is 428 g/mol. The van der Waals surface area contributed by atoms with Gasteiger partial charge in [0, 0.05) is 18.8 Å². The first-order chi connectivity index (χ1) is 14.4. The van der Waals surface area contributed by atoms with Crippen molar-refractivity contribution in [2.24, 2.45) is 0 Å². The number of ether oxygens (including phenoxy) is 1. The number of hydrogen-bond donors (Lipinski definition) is 1. The van der Waals surface area contributed by atoms with Crippen LogP contribution in [0.4, 0.5) is 10.5 Å². The molecule has 7 nitrogen and oxygen atoms in total. The maximum absolute atomic E-state index is 12.5. The van der Waals surface area contributed by atoms with Crippen LogP contribution in [0.1, 0.15) is 12.5 Å². The van der Waals surface area contributed by atoms with Gasteiger partial charge < -0.3 is 14.5 Å². The molecule has 2 aromatic rings. The van der Waals surface area contributed by atoms with Gasteiger partial charge in [-0.3, -0.25) is 0 Å². The Hall–Kier alpha value is -3.02. The third kappa shape index (κ3) is 5.12. The Kier molecular flexibility index (Phi) is 6.98. The van der Waals surface area contributed by atoms with Crippen molar-refractivity contribution in [2.45, 2.75) is 24.5 Å². The lowest BCUT2D eigenvalue weighted by Gasteiger charge is -2.40. The summed E-state index contributed by atoms with van der Waals surface area (Å²) in [6, 6.07) is 16.0. The van der Waals surface area contributed by atoms with E-state index in [9.17, 15) is 13.2 Å². The lowest BCUT2D eigenvalue weighted by molar-refractivity contribution is 0.0916. The van der Waals surface area contributed by atoms with Gasteiger partial charge in [0.15, 0.2) is 0 Å². The largest absolute Gasteiger partial charge is 0.445 e. The Morgan fingerprint density at radius 2 is 1.83 bits per heavy atom. The molecular weight excluding hydrogens is 402 g/mol. The number of piperazine rings is 1. The maximum atomic E-state index is 12.5. The minimum absolute atomic E-state index is 0.204. The highest BCUT2D eigenvalue weighted by atomic mass is 32.2. The van der Waals surface area contributed by atoms with Crippen molar-refractivity contribution in [2.75, 3.05) is 31.6 Å². The number of hydrogen-bond acceptors (Lipinski definition) is 5. The molecule has 8 heteroatoms. The first kappa shape index (κ1) is 21.7.